The largest absolute Gasteiger partial charge is 0.491 e. The Morgan fingerprint density at radius 1 is 0.630 bits per heavy atom. The number of rotatable bonds is 18. The second kappa shape index (κ2) is 17.7. The van der Waals surface area contributed by atoms with Crippen LogP contribution in [-0.4, -0.2) is 84.4 Å². The van der Waals surface area contributed by atoms with Crippen LogP contribution < -0.4 is 4.74 Å². The smallest absolute Gasteiger partial charge is 0.119 e. The minimum absolute atomic E-state index is 0.0283. The predicted molar refractivity (Wildman–Crippen MR) is 97.8 cm³/mol. The van der Waals surface area contributed by atoms with Crippen LogP contribution in [0.3, 0.4) is 0 Å². The van der Waals surface area contributed by atoms with E-state index in [-0.39, 0.29) is 6.61 Å². The van der Waals surface area contributed by atoms with E-state index in [9.17, 15) is 0 Å². The van der Waals surface area contributed by atoms with Gasteiger partial charge in [-0.1, -0.05) is 0 Å². The molecule has 0 atom stereocenters. The van der Waals surface area contributed by atoms with E-state index in [1.807, 2.05) is 0 Å². The molecule has 0 aliphatic carbocycles. The molecule has 1 aromatic carbocycles. The van der Waals surface area contributed by atoms with Gasteiger partial charge in [0.15, 0.2) is 0 Å². The van der Waals surface area contributed by atoms with Gasteiger partial charge in [0.2, 0.25) is 0 Å². The van der Waals surface area contributed by atoms with Gasteiger partial charge < -0.3 is 33.5 Å². The lowest BCUT2D eigenvalue weighted by molar-refractivity contribution is -0.0146. The first kappa shape index (κ1) is 23.3. The van der Waals surface area contributed by atoms with E-state index in [1.54, 1.807) is 24.3 Å². The van der Waals surface area contributed by atoms with Crippen molar-refractivity contribution in [3.8, 4) is 11.8 Å². The van der Waals surface area contributed by atoms with Crippen molar-refractivity contribution in [2.24, 2.45) is 0 Å². The zero-order valence-electron chi connectivity index (χ0n) is 15.6. The summed E-state index contributed by atoms with van der Waals surface area (Å²) < 4.78 is 32.0. The van der Waals surface area contributed by atoms with Crippen molar-refractivity contribution in [3.63, 3.8) is 0 Å². The molecule has 0 heterocycles. The quantitative estimate of drug-likeness (QED) is 0.375. The number of hydrogen-bond donors (Lipinski definition) is 1. The SMILES string of the molecule is N#Cc1ccc(OCCOCCOCCOCCOCCOCCO)cc1. The van der Waals surface area contributed by atoms with Crippen LogP contribution in [0.25, 0.3) is 0 Å². The van der Waals surface area contributed by atoms with Crippen molar-refractivity contribution < 1.29 is 33.5 Å². The van der Waals surface area contributed by atoms with Gasteiger partial charge in [-0.05, 0) is 24.3 Å². The normalized spacial score (nSPS) is 10.7. The fraction of sp³-hybridized carbons (Fsp3) is 0.632. The topological polar surface area (TPSA) is 99.4 Å². The Labute approximate surface area is 160 Å². The average molecular weight is 383 g/mol. The van der Waals surface area contributed by atoms with Gasteiger partial charge in [0, 0.05) is 0 Å². The summed E-state index contributed by atoms with van der Waals surface area (Å²) in [6.45, 7) is 5.26. The maximum atomic E-state index is 8.71. The fourth-order valence-corrected chi connectivity index (χ4v) is 1.89. The zero-order valence-corrected chi connectivity index (χ0v) is 15.6. The highest BCUT2D eigenvalue weighted by Gasteiger charge is 1.96. The van der Waals surface area contributed by atoms with Crippen LogP contribution >= 0.6 is 0 Å². The molecule has 0 fully saturated rings. The van der Waals surface area contributed by atoms with Crippen molar-refractivity contribution in [1.29, 1.82) is 5.26 Å². The number of ether oxygens (including phenoxy) is 6. The molecule has 27 heavy (non-hydrogen) atoms. The Morgan fingerprint density at radius 2 is 1.04 bits per heavy atom. The second-order valence-corrected chi connectivity index (χ2v) is 5.27. The lowest BCUT2D eigenvalue weighted by atomic mass is 10.2. The van der Waals surface area contributed by atoms with E-state index in [0.29, 0.717) is 84.0 Å². The van der Waals surface area contributed by atoms with E-state index in [1.165, 1.54) is 0 Å². The molecule has 8 heteroatoms. The van der Waals surface area contributed by atoms with Crippen LogP contribution in [0, 0.1) is 11.3 Å². The zero-order chi connectivity index (χ0) is 19.4. The van der Waals surface area contributed by atoms with Crippen LogP contribution in [-0.2, 0) is 23.7 Å². The Kier molecular flexibility index (Phi) is 15.3. The van der Waals surface area contributed by atoms with E-state index < -0.39 is 0 Å². The van der Waals surface area contributed by atoms with Gasteiger partial charge in [0.1, 0.15) is 12.4 Å². The van der Waals surface area contributed by atoms with Crippen LogP contribution in [0.2, 0.25) is 0 Å². The molecule has 0 aliphatic rings. The third-order valence-electron chi connectivity index (χ3n) is 3.20. The summed E-state index contributed by atoms with van der Waals surface area (Å²) in [5.74, 6) is 0.715. The monoisotopic (exact) mass is 383 g/mol. The lowest BCUT2D eigenvalue weighted by Gasteiger charge is -2.08. The lowest BCUT2D eigenvalue weighted by Crippen LogP contribution is -2.14. The van der Waals surface area contributed by atoms with Crippen LogP contribution in [0.1, 0.15) is 5.56 Å². The number of benzene rings is 1. The molecule has 1 aromatic rings. The van der Waals surface area contributed by atoms with Gasteiger partial charge in [0.05, 0.1) is 84.3 Å². The van der Waals surface area contributed by atoms with Gasteiger partial charge in [-0.25, -0.2) is 0 Å². The van der Waals surface area contributed by atoms with Gasteiger partial charge >= 0.3 is 0 Å². The van der Waals surface area contributed by atoms with Crippen LogP contribution in [0.15, 0.2) is 24.3 Å². The Balaban J connectivity index is 1.76. The molecular weight excluding hydrogens is 354 g/mol. The van der Waals surface area contributed by atoms with Crippen molar-refractivity contribution in [2.75, 3.05) is 79.3 Å². The summed E-state index contributed by atoms with van der Waals surface area (Å²) in [6, 6.07) is 9.01. The fourth-order valence-electron chi connectivity index (χ4n) is 1.89. The highest BCUT2D eigenvalue weighted by Crippen LogP contribution is 2.11. The molecule has 0 aromatic heterocycles. The number of nitriles is 1. The molecule has 152 valence electrons. The Morgan fingerprint density at radius 3 is 1.44 bits per heavy atom. The van der Waals surface area contributed by atoms with Gasteiger partial charge in [-0.15, -0.1) is 0 Å². The summed E-state index contributed by atoms with van der Waals surface area (Å²) in [7, 11) is 0. The summed E-state index contributed by atoms with van der Waals surface area (Å²) >= 11 is 0. The number of hydrogen-bond acceptors (Lipinski definition) is 8. The van der Waals surface area contributed by atoms with Crippen molar-refractivity contribution in [1.82, 2.24) is 0 Å². The van der Waals surface area contributed by atoms with E-state index in [4.69, 9.17) is 38.8 Å². The maximum Gasteiger partial charge on any atom is 0.119 e. The van der Waals surface area contributed by atoms with Crippen molar-refractivity contribution in [2.45, 2.75) is 0 Å². The molecule has 0 unspecified atom stereocenters. The first-order chi connectivity index (χ1) is 13.4. The minimum Gasteiger partial charge on any atom is -0.491 e. The van der Waals surface area contributed by atoms with Crippen LogP contribution in [0.5, 0.6) is 5.75 Å². The molecule has 0 saturated carbocycles. The first-order valence-corrected chi connectivity index (χ1v) is 8.99. The highest BCUT2D eigenvalue weighted by molar-refractivity contribution is 5.34. The van der Waals surface area contributed by atoms with E-state index in [0.717, 1.165) is 0 Å². The molecule has 0 amide bonds. The molecule has 0 saturated heterocycles. The highest BCUT2D eigenvalue weighted by atomic mass is 16.6. The van der Waals surface area contributed by atoms with Gasteiger partial charge in [-0.2, -0.15) is 5.26 Å². The third-order valence-corrected chi connectivity index (χ3v) is 3.20. The van der Waals surface area contributed by atoms with Crippen molar-refractivity contribution in [3.05, 3.63) is 29.8 Å². The van der Waals surface area contributed by atoms with Crippen LogP contribution in [0.4, 0.5) is 0 Å². The standard InChI is InChI=1S/C19H29NO7/c20-17-18-1-3-19(4-2-18)27-16-15-26-14-13-25-12-11-24-10-9-23-8-7-22-6-5-21/h1-4,21H,5-16H2. The Hall–Kier alpha value is -1.73. The molecule has 8 nitrogen and oxygen atoms in total. The molecular formula is C19H29NO7. The number of aliphatic hydroxyl groups is 1. The number of nitrogens with zero attached hydrogens (tertiary/aromatic N) is 1. The Bertz CT molecular complexity index is 490. The first-order valence-electron chi connectivity index (χ1n) is 8.99. The molecule has 0 spiro atoms. The average Bonchev–Trinajstić information content (AvgIpc) is 2.70. The molecule has 0 radical (unpaired) electrons. The number of aliphatic hydroxyl groups excluding tert-OH is 1. The third kappa shape index (κ3) is 14.0. The summed E-state index contributed by atoms with van der Waals surface area (Å²) in [5.41, 5.74) is 0.607. The summed E-state index contributed by atoms with van der Waals surface area (Å²) in [4.78, 5) is 0. The van der Waals surface area contributed by atoms with Crippen molar-refractivity contribution >= 4 is 0 Å². The molecule has 1 rings (SSSR count). The van der Waals surface area contributed by atoms with E-state index in [2.05, 4.69) is 6.07 Å². The van der Waals surface area contributed by atoms with E-state index >= 15 is 0 Å². The predicted octanol–water partition coefficient (Wildman–Crippen LogP) is 1.01. The molecule has 0 aliphatic heterocycles. The minimum atomic E-state index is 0.0283. The summed E-state index contributed by atoms with van der Waals surface area (Å²) in [5, 5.41) is 17.2. The maximum absolute atomic E-state index is 8.71. The molecule has 0 bridgehead atoms. The second-order valence-electron chi connectivity index (χ2n) is 5.27. The van der Waals surface area contributed by atoms with Gasteiger partial charge in [0.25, 0.3) is 0 Å². The molecule has 1 N–H and O–H groups in total. The summed E-state index contributed by atoms with van der Waals surface area (Å²) in [6.07, 6.45) is 0. The van der Waals surface area contributed by atoms with Gasteiger partial charge in [-0.3, -0.25) is 0 Å².